The molecule has 0 atom stereocenters. The number of amides is 1. The summed E-state index contributed by atoms with van der Waals surface area (Å²) in [6.45, 7) is 7.50. The lowest BCUT2D eigenvalue weighted by Gasteiger charge is -2.12. The van der Waals surface area contributed by atoms with E-state index in [1.165, 1.54) is 12.8 Å². The van der Waals surface area contributed by atoms with Gasteiger partial charge >= 0.3 is 0 Å². The summed E-state index contributed by atoms with van der Waals surface area (Å²) in [5, 5.41) is 7.33. The highest BCUT2D eigenvalue weighted by molar-refractivity contribution is 6.08. The van der Waals surface area contributed by atoms with Gasteiger partial charge in [0.2, 0.25) is 0 Å². The molecule has 0 aliphatic rings. The number of nitrogens with one attached hydrogen (secondary N) is 2. The van der Waals surface area contributed by atoms with Crippen LogP contribution in [0.15, 0.2) is 71.8 Å². The molecular formula is C30H34N4O3. The molecule has 2 aromatic carbocycles. The Morgan fingerprint density at radius 1 is 1.00 bits per heavy atom. The van der Waals surface area contributed by atoms with Crippen molar-refractivity contribution in [3.8, 4) is 28.1 Å². The number of carbonyl (C=O) groups excluding carboxylic acids is 1. The van der Waals surface area contributed by atoms with Gasteiger partial charge in [0.05, 0.1) is 18.5 Å². The van der Waals surface area contributed by atoms with E-state index in [9.17, 15) is 9.59 Å². The highest BCUT2D eigenvalue weighted by Gasteiger charge is 2.20. The molecule has 0 saturated carbocycles. The number of H-pyrrole nitrogens is 1. The first kappa shape index (κ1) is 25.9. The van der Waals surface area contributed by atoms with E-state index in [-0.39, 0.29) is 5.56 Å². The summed E-state index contributed by atoms with van der Waals surface area (Å²) >= 11 is 0. The van der Waals surface area contributed by atoms with E-state index in [4.69, 9.17) is 4.74 Å². The summed E-state index contributed by atoms with van der Waals surface area (Å²) in [6, 6.07) is 16.7. The summed E-state index contributed by atoms with van der Waals surface area (Å²) in [6.07, 6.45) is 8.32. The fourth-order valence-corrected chi connectivity index (χ4v) is 4.22. The maximum absolute atomic E-state index is 13.4. The Hall–Kier alpha value is -4.13. The molecule has 0 radical (unpaired) electrons. The number of hydrogen-bond acceptors (Lipinski definition) is 4. The van der Waals surface area contributed by atoms with Crippen LogP contribution in [-0.2, 0) is 6.54 Å². The van der Waals surface area contributed by atoms with Crippen molar-refractivity contribution in [1.29, 1.82) is 0 Å². The third kappa shape index (κ3) is 6.55. The van der Waals surface area contributed by atoms with Crippen molar-refractivity contribution in [1.82, 2.24) is 14.8 Å². The van der Waals surface area contributed by atoms with Crippen molar-refractivity contribution < 1.29 is 9.53 Å². The number of benzene rings is 2. The minimum atomic E-state index is -0.473. The van der Waals surface area contributed by atoms with Crippen molar-refractivity contribution in [2.45, 2.75) is 53.0 Å². The molecule has 192 valence electrons. The molecule has 2 aromatic heterocycles. The van der Waals surface area contributed by atoms with E-state index < -0.39 is 11.5 Å². The molecule has 0 aliphatic carbocycles. The van der Waals surface area contributed by atoms with Crippen molar-refractivity contribution in [3.05, 3.63) is 88.5 Å². The predicted octanol–water partition coefficient (Wildman–Crippen LogP) is 6.45. The molecule has 2 N–H and O–H groups in total. The number of ether oxygens (including phenoxy) is 1. The van der Waals surface area contributed by atoms with Gasteiger partial charge in [-0.05, 0) is 56.2 Å². The lowest BCUT2D eigenvalue weighted by molar-refractivity contribution is 0.102. The second-order valence-corrected chi connectivity index (χ2v) is 9.13. The Morgan fingerprint density at radius 2 is 1.76 bits per heavy atom. The first-order chi connectivity index (χ1) is 18.0. The maximum atomic E-state index is 13.4. The molecule has 0 saturated heterocycles. The number of carbonyl (C=O) groups is 1. The van der Waals surface area contributed by atoms with Crippen LogP contribution in [0, 0.1) is 6.92 Å². The minimum absolute atomic E-state index is 0.0634. The van der Waals surface area contributed by atoms with E-state index in [1.807, 2.05) is 55.1 Å². The summed E-state index contributed by atoms with van der Waals surface area (Å²) in [5.41, 5.74) is 4.08. The molecular weight excluding hydrogens is 464 g/mol. The molecule has 0 aliphatic heterocycles. The lowest BCUT2D eigenvalue weighted by Crippen LogP contribution is -2.25. The molecule has 0 bridgehead atoms. The number of anilines is 1. The molecule has 37 heavy (non-hydrogen) atoms. The zero-order valence-electron chi connectivity index (χ0n) is 21.7. The number of unbranched alkanes of at least 4 members (excludes halogenated alkanes) is 3. The number of pyridine rings is 1. The van der Waals surface area contributed by atoms with E-state index in [2.05, 4.69) is 22.3 Å². The van der Waals surface area contributed by atoms with Gasteiger partial charge in [-0.1, -0.05) is 56.0 Å². The largest absolute Gasteiger partial charge is 0.494 e. The predicted molar refractivity (Wildman–Crippen MR) is 148 cm³/mol. The fraction of sp³-hybridized carbons (Fsp3) is 0.300. The van der Waals surface area contributed by atoms with E-state index in [0.29, 0.717) is 29.3 Å². The van der Waals surface area contributed by atoms with E-state index >= 15 is 0 Å². The molecule has 0 unspecified atom stereocenters. The third-order valence-electron chi connectivity index (χ3n) is 6.23. The summed E-state index contributed by atoms with van der Waals surface area (Å²) in [7, 11) is 0. The zero-order valence-corrected chi connectivity index (χ0v) is 21.7. The number of aromatic nitrogens is 3. The quantitative estimate of drug-likeness (QED) is 0.233. The number of aryl methyl sites for hydroxylation is 2. The topological polar surface area (TPSA) is 89.0 Å². The zero-order chi connectivity index (χ0) is 26.2. The molecule has 2 heterocycles. The number of nitrogens with zero attached hydrogens (tertiary/aromatic N) is 2. The fourth-order valence-electron chi connectivity index (χ4n) is 4.22. The lowest BCUT2D eigenvalue weighted by atomic mass is 9.98. The van der Waals surface area contributed by atoms with Gasteiger partial charge in [0.25, 0.3) is 11.5 Å². The van der Waals surface area contributed by atoms with Gasteiger partial charge in [-0.15, -0.1) is 0 Å². The Bertz CT molecular complexity index is 1390. The van der Waals surface area contributed by atoms with Gasteiger partial charge in [-0.3, -0.25) is 14.3 Å². The van der Waals surface area contributed by atoms with Crippen LogP contribution in [0.2, 0.25) is 0 Å². The Morgan fingerprint density at radius 3 is 2.46 bits per heavy atom. The van der Waals surface area contributed by atoms with E-state index in [0.717, 1.165) is 36.1 Å². The number of rotatable bonds is 11. The monoisotopic (exact) mass is 498 g/mol. The molecule has 0 fully saturated rings. The maximum Gasteiger partial charge on any atom is 0.261 e. The highest BCUT2D eigenvalue weighted by atomic mass is 16.5. The average molecular weight is 499 g/mol. The van der Waals surface area contributed by atoms with Crippen LogP contribution in [0.4, 0.5) is 5.69 Å². The number of hydrogen-bond donors (Lipinski definition) is 2. The highest BCUT2D eigenvalue weighted by Crippen LogP contribution is 2.27. The summed E-state index contributed by atoms with van der Waals surface area (Å²) in [5.74, 6) is 0.244. The van der Waals surface area contributed by atoms with Crippen LogP contribution < -0.4 is 15.6 Å². The van der Waals surface area contributed by atoms with Crippen molar-refractivity contribution in [3.63, 3.8) is 0 Å². The van der Waals surface area contributed by atoms with Crippen molar-refractivity contribution >= 4 is 11.6 Å². The molecule has 0 spiro atoms. The summed E-state index contributed by atoms with van der Waals surface area (Å²) in [4.78, 5) is 29.6. The molecule has 1 amide bonds. The molecule has 7 heteroatoms. The smallest absolute Gasteiger partial charge is 0.261 e. The SMILES string of the molecule is CCCCCCn1cc(-c2cc(-c3ccc(C)cc3)c(C(=O)Nc3ccc(OCC)cc3)c(=O)[nH]2)cn1. The Labute approximate surface area is 217 Å². The average Bonchev–Trinajstić information content (AvgIpc) is 3.37. The molecule has 7 nitrogen and oxygen atoms in total. The van der Waals surface area contributed by atoms with Gasteiger partial charge in [0.15, 0.2) is 0 Å². The Balaban J connectivity index is 1.67. The first-order valence-electron chi connectivity index (χ1n) is 12.9. The normalized spacial score (nSPS) is 10.9. The summed E-state index contributed by atoms with van der Waals surface area (Å²) < 4.78 is 7.38. The van der Waals surface area contributed by atoms with Crippen LogP contribution in [0.3, 0.4) is 0 Å². The molecule has 4 aromatic rings. The standard InChI is InChI=1S/C30H34N4O3/c1-4-6-7-8-17-34-20-23(19-31-34)27-18-26(22-11-9-21(3)10-12-22)28(30(36)33-27)29(35)32-24-13-15-25(16-14-24)37-5-2/h9-16,18-20H,4-8,17H2,1-3H3,(H,32,35)(H,33,36). The van der Waals surface area contributed by atoms with Crippen molar-refractivity contribution in [2.24, 2.45) is 0 Å². The van der Waals surface area contributed by atoms with Crippen molar-refractivity contribution in [2.75, 3.05) is 11.9 Å². The Kier molecular flexibility index (Phi) is 8.56. The van der Waals surface area contributed by atoms with Gasteiger partial charge in [-0.2, -0.15) is 5.10 Å². The van der Waals surface area contributed by atoms with Gasteiger partial charge in [0.1, 0.15) is 11.3 Å². The van der Waals surface area contributed by atoms with Crippen LogP contribution in [-0.4, -0.2) is 27.3 Å². The second-order valence-electron chi connectivity index (χ2n) is 9.13. The van der Waals surface area contributed by atoms with E-state index in [1.54, 1.807) is 30.5 Å². The second kappa shape index (κ2) is 12.2. The van der Waals surface area contributed by atoms with Gasteiger partial charge in [-0.25, -0.2) is 0 Å². The van der Waals surface area contributed by atoms with Gasteiger partial charge < -0.3 is 15.0 Å². The minimum Gasteiger partial charge on any atom is -0.494 e. The van der Waals surface area contributed by atoms with Crippen LogP contribution >= 0.6 is 0 Å². The molecule has 4 rings (SSSR count). The third-order valence-corrected chi connectivity index (χ3v) is 6.23. The first-order valence-corrected chi connectivity index (χ1v) is 12.9. The van der Waals surface area contributed by atoms with Gasteiger partial charge in [0, 0.05) is 29.6 Å². The number of aromatic amines is 1. The van der Waals surface area contributed by atoms with Crippen LogP contribution in [0.5, 0.6) is 5.75 Å². The van der Waals surface area contributed by atoms with Crippen LogP contribution in [0.1, 0.15) is 55.5 Å². The van der Waals surface area contributed by atoms with Crippen LogP contribution in [0.25, 0.3) is 22.4 Å².